The van der Waals surface area contributed by atoms with E-state index in [4.69, 9.17) is 14.0 Å². The first-order valence-corrected chi connectivity index (χ1v) is 8.99. The predicted molar refractivity (Wildman–Crippen MR) is 104 cm³/mol. The first-order chi connectivity index (χ1) is 13.6. The number of aryl methyl sites for hydroxylation is 1. The number of carbonyl (C=O) groups excluding carboxylic acids is 1. The minimum Gasteiger partial charge on any atom is -0.497 e. The third-order valence-electron chi connectivity index (χ3n) is 4.36. The van der Waals surface area contributed by atoms with Gasteiger partial charge in [-0.2, -0.15) is 4.98 Å². The Morgan fingerprint density at radius 3 is 2.57 bits per heavy atom. The van der Waals surface area contributed by atoms with E-state index in [2.05, 4.69) is 15.5 Å². The van der Waals surface area contributed by atoms with E-state index in [0.717, 1.165) is 22.6 Å². The maximum absolute atomic E-state index is 12.2. The highest BCUT2D eigenvalue weighted by Crippen LogP contribution is 2.21. The summed E-state index contributed by atoms with van der Waals surface area (Å²) < 4.78 is 15.6. The monoisotopic (exact) mass is 381 g/mol. The quantitative estimate of drug-likeness (QED) is 0.642. The summed E-state index contributed by atoms with van der Waals surface area (Å²) in [5.41, 5.74) is 1.80. The van der Waals surface area contributed by atoms with Gasteiger partial charge < -0.3 is 19.3 Å². The van der Waals surface area contributed by atoms with E-state index in [1.54, 1.807) is 14.2 Å². The lowest BCUT2D eigenvalue weighted by molar-refractivity contribution is -0.121. The minimum atomic E-state index is -0.103. The third-order valence-corrected chi connectivity index (χ3v) is 4.36. The molecule has 2 aromatic carbocycles. The second kappa shape index (κ2) is 9.03. The Hall–Kier alpha value is -3.35. The normalized spacial score (nSPS) is 11.7. The summed E-state index contributed by atoms with van der Waals surface area (Å²) in [6, 6.07) is 14.9. The molecule has 7 heteroatoms. The van der Waals surface area contributed by atoms with Crippen LogP contribution in [0, 0.1) is 0 Å². The van der Waals surface area contributed by atoms with Crippen molar-refractivity contribution in [3.8, 4) is 22.9 Å². The zero-order valence-electron chi connectivity index (χ0n) is 16.1. The van der Waals surface area contributed by atoms with Gasteiger partial charge in [-0.05, 0) is 36.8 Å². The van der Waals surface area contributed by atoms with Crippen molar-refractivity contribution in [1.29, 1.82) is 0 Å². The Labute approximate surface area is 163 Å². The summed E-state index contributed by atoms with van der Waals surface area (Å²) in [6.45, 7) is 1.94. The zero-order valence-corrected chi connectivity index (χ0v) is 16.1. The molecule has 0 radical (unpaired) electrons. The van der Waals surface area contributed by atoms with Crippen molar-refractivity contribution >= 4 is 5.91 Å². The van der Waals surface area contributed by atoms with E-state index < -0.39 is 0 Å². The Morgan fingerprint density at radius 1 is 1.11 bits per heavy atom. The number of nitrogens with one attached hydrogen (secondary N) is 1. The highest BCUT2D eigenvalue weighted by atomic mass is 16.5. The van der Waals surface area contributed by atoms with Crippen LogP contribution in [0.3, 0.4) is 0 Å². The van der Waals surface area contributed by atoms with Crippen molar-refractivity contribution in [2.45, 2.75) is 25.8 Å². The second-order valence-corrected chi connectivity index (χ2v) is 6.31. The molecular weight excluding hydrogens is 358 g/mol. The molecule has 0 fully saturated rings. The van der Waals surface area contributed by atoms with Crippen LogP contribution in [0.15, 0.2) is 53.1 Å². The van der Waals surface area contributed by atoms with Crippen LogP contribution in [-0.2, 0) is 11.2 Å². The highest BCUT2D eigenvalue weighted by Gasteiger charge is 2.13. The lowest BCUT2D eigenvalue weighted by Crippen LogP contribution is -2.26. The number of amides is 1. The lowest BCUT2D eigenvalue weighted by Gasteiger charge is -2.14. The molecule has 0 spiro atoms. The standard InChI is InChI=1S/C21H23N3O4/c1-14(15-7-9-17(26-2)10-8-15)22-19(25)11-12-20-23-21(24-28-20)16-5-4-6-18(13-16)27-3/h4-10,13-14H,11-12H2,1-3H3,(H,22,25). The Kier molecular flexibility index (Phi) is 6.26. The molecule has 28 heavy (non-hydrogen) atoms. The number of hydrogen-bond donors (Lipinski definition) is 1. The average molecular weight is 381 g/mol. The summed E-state index contributed by atoms with van der Waals surface area (Å²) in [4.78, 5) is 16.6. The van der Waals surface area contributed by atoms with E-state index in [1.165, 1.54) is 0 Å². The maximum atomic E-state index is 12.2. The number of benzene rings is 2. The fourth-order valence-corrected chi connectivity index (χ4v) is 2.75. The fraction of sp³-hybridized carbons (Fsp3) is 0.286. The molecular formula is C21H23N3O4. The molecule has 3 rings (SSSR count). The topological polar surface area (TPSA) is 86.5 Å². The molecule has 7 nitrogen and oxygen atoms in total. The third kappa shape index (κ3) is 4.88. The van der Waals surface area contributed by atoms with Gasteiger partial charge in [0.2, 0.25) is 17.6 Å². The molecule has 1 aromatic heterocycles. The number of rotatable bonds is 8. The van der Waals surface area contributed by atoms with Gasteiger partial charge >= 0.3 is 0 Å². The van der Waals surface area contributed by atoms with E-state index in [9.17, 15) is 4.79 Å². The SMILES string of the molecule is COc1ccc(C(C)NC(=O)CCc2nc(-c3cccc(OC)c3)no2)cc1. The number of carbonyl (C=O) groups is 1. The van der Waals surface area contributed by atoms with Gasteiger partial charge in [0, 0.05) is 18.4 Å². The van der Waals surface area contributed by atoms with Gasteiger partial charge in [0.1, 0.15) is 11.5 Å². The molecule has 1 unspecified atom stereocenters. The molecule has 0 aliphatic carbocycles. The molecule has 0 saturated carbocycles. The van der Waals surface area contributed by atoms with Gasteiger partial charge in [-0.15, -0.1) is 0 Å². The Bertz CT molecular complexity index is 921. The van der Waals surface area contributed by atoms with Crippen molar-refractivity contribution < 1.29 is 18.8 Å². The largest absolute Gasteiger partial charge is 0.497 e. The zero-order chi connectivity index (χ0) is 19.9. The lowest BCUT2D eigenvalue weighted by atomic mass is 10.1. The van der Waals surface area contributed by atoms with Gasteiger partial charge in [0.15, 0.2) is 0 Å². The van der Waals surface area contributed by atoms with Gasteiger partial charge in [0.25, 0.3) is 0 Å². The molecule has 1 heterocycles. The molecule has 0 aliphatic heterocycles. The van der Waals surface area contributed by atoms with Crippen LogP contribution < -0.4 is 14.8 Å². The Morgan fingerprint density at radius 2 is 1.86 bits per heavy atom. The van der Waals surface area contributed by atoms with Crippen LogP contribution in [0.2, 0.25) is 0 Å². The first-order valence-electron chi connectivity index (χ1n) is 8.99. The first kappa shape index (κ1) is 19.4. The summed E-state index contributed by atoms with van der Waals surface area (Å²) in [5, 5.41) is 6.95. The van der Waals surface area contributed by atoms with E-state index in [1.807, 2.05) is 55.5 Å². The molecule has 146 valence electrons. The molecule has 1 atom stereocenters. The molecule has 1 amide bonds. The van der Waals surface area contributed by atoms with Gasteiger partial charge in [-0.3, -0.25) is 4.79 Å². The molecule has 0 aliphatic rings. The maximum Gasteiger partial charge on any atom is 0.227 e. The predicted octanol–water partition coefficient (Wildman–Crippen LogP) is 3.56. The molecule has 3 aromatic rings. The summed E-state index contributed by atoms with van der Waals surface area (Å²) >= 11 is 0. The number of aromatic nitrogens is 2. The van der Waals surface area contributed by atoms with Crippen molar-refractivity contribution in [2.24, 2.45) is 0 Å². The molecule has 1 N–H and O–H groups in total. The van der Waals surface area contributed by atoms with Crippen LogP contribution in [0.4, 0.5) is 0 Å². The number of nitrogens with zero attached hydrogens (tertiary/aromatic N) is 2. The molecule has 0 saturated heterocycles. The van der Waals surface area contributed by atoms with Crippen LogP contribution in [0.1, 0.15) is 30.8 Å². The van der Waals surface area contributed by atoms with E-state index in [0.29, 0.717) is 18.1 Å². The fourth-order valence-electron chi connectivity index (χ4n) is 2.75. The van der Waals surface area contributed by atoms with Crippen molar-refractivity contribution in [2.75, 3.05) is 14.2 Å². The summed E-state index contributed by atoms with van der Waals surface area (Å²) in [5.74, 6) is 2.32. The second-order valence-electron chi connectivity index (χ2n) is 6.31. The summed E-state index contributed by atoms with van der Waals surface area (Å²) in [6.07, 6.45) is 0.637. The van der Waals surface area contributed by atoms with Crippen molar-refractivity contribution in [3.05, 3.63) is 60.0 Å². The Balaban J connectivity index is 1.53. The van der Waals surface area contributed by atoms with Crippen LogP contribution in [0.25, 0.3) is 11.4 Å². The summed E-state index contributed by atoms with van der Waals surface area (Å²) in [7, 11) is 3.23. The smallest absolute Gasteiger partial charge is 0.227 e. The number of methoxy groups -OCH3 is 2. The average Bonchev–Trinajstić information content (AvgIpc) is 3.21. The van der Waals surface area contributed by atoms with Gasteiger partial charge in [-0.25, -0.2) is 0 Å². The van der Waals surface area contributed by atoms with Gasteiger partial charge in [0.05, 0.1) is 20.3 Å². The van der Waals surface area contributed by atoms with Crippen LogP contribution in [0.5, 0.6) is 11.5 Å². The van der Waals surface area contributed by atoms with Crippen LogP contribution in [-0.4, -0.2) is 30.3 Å². The van der Waals surface area contributed by atoms with Crippen LogP contribution >= 0.6 is 0 Å². The number of hydrogen-bond acceptors (Lipinski definition) is 6. The van der Waals surface area contributed by atoms with E-state index in [-0.39, 0.29) is 18.4 Å². The highest BCUT2D eigenvalue weighted by molar-refractivity contribution is 5.76. The van der Waals surface area contributed by atoms with Crippen molar-refractivity contribution in [1.82, 2.24) is 15.5 Å². The van der Waals surface area contributed by atoms with Gasteiger partial charge in [-0.1, -0.05) is 29.4 Å². The molecule has 0 bridgehead atoms. The number of ether oxygens (including phenoxy) is 2. The van der Waals surface area contributed by atoms with E-state index >= 15 is 0 Å². The van der Waals surface area contributed by atoms with Crippen molar-refractivity contribution in [3.63, 3.8) is 0 Å². The minimum absolute atomic E-state index is 0.0792.